The highest BCUT2D eigenvalue weighted by molar-refractivity contribution is 7.89. The predicted octanol–water partition coefficient (Wildman–Crippen LogP) is 2.54. The summed E-state index contributed by atoms with van der Waals surface area (Å²) in [4.78, 5) is 0.392. The van der Waals surface area contributed by atoms with Gasteiger partial charge in [-0.05, 0) is 43.0 Å². The Labute approximate surface area is 115 Å². The first-order chi connectivity index (χ1) is 9.04. The number of hydrogen-bond acceptors (Lipinski definition) is 3. The van der Waals surface area contributed by atoms with Crippen molar-refractivity contribution < 1.29 is 8.42 Å². The van der Waals surface area contributed by atoms with Gasteiger partial charge in [0.15, 0.2) is 0 Å². The van der Waals surface area contributed by atoms with Crippen molar-refractivity contribution in [3.05, 3.63) is 24.3 Å². The summed E-state index contributed by atoms with van der Waals surface area (Å²) in [5.74, 6) is 0.459. The minimum absolute atomic E-state index is 0.392. The molecule has 2 rings (SSSR count). The van der Waals surface area contributed by atoms with Crippen LogP contribution in [-0.4, -0.2) is 32.4 Å². The number of anilines is 1. The van der Waals surface area contributed by atoms with Crippen LogP contribution in [0.5, 0.6) is 0 Å². The quantitative estimate of drug-likeness (QED) is 0.903. The monoisotopic (exact) mass is 282 g/mol. The van der Waals surface area contributed by atoms with E-state index in [0.29, 0.717) is 23.9 Å². The van der Waals surface area contributed by atoms with Crippen LogP contribution in [0.1, 0.15) is 26.7 Å². The van der Waals surface area contributed by atoms with Crippen LogP contribution >= 0.6 is 0 Å². The van der Waals surface area contributed by atoms with Crippen LogP contribution in [0.3, 0.4) is 0 Å². The zero-order chi connectivity index (χ0) is 13.9. The number of benzene rings is 1. The average Bonchev–Trinajstić information content (AvgIpc) is 2.84. The van der Waals surface area contributed by atoms with E-state index in [1.807, 2.05) is 12.1 Å². The Hall–Kier alpha value is -1.07. The molecule has 1 aliphatic rings. The van der Waals surface area contributed by atoms with Gasteiger partial charge in [0.25, 0.3) is 0 Å². The number of sulfonamides is 1. The van der Waals surface area contributed by atoms with Crippen molar-refractivity contribution in [3.63, 3.8) is 0 Å². The van der Waals surface area contributed by atoms with Gasteiger partial charge in [-0.2, -0.15) is 4.31 Å². The second-order valence-corrected chi connectivity index (χ2v) is 7.15. The molecular formula is C14H22N2O2S. The third-order valence-electron chi connectivity index (χ3n) is 3.46. The molecule has 1 heterocycles. The fraction of sp³-hybridized carbons (Fsp3) is 0.571. The normalized spacial score (nSPS) is 20.6. The Bertz CT molecular complexity index is 511. The highest BCUT2D eigenvalue weighted by atomic mass is 32.2. The van der Waals surface area contributed by atoms with Crippen LogP contribution < -0.4 is 5.32 Å². The highest BCUT2D eigenvalue weighted by Crippen LogP contribution is 2.24. The minimum Gasteiger partial charge on any atom is -0.385 e. The number of rotatable bonds is 5. The van der Waals surface area contributed by atoms with Gasteiger partial charge >= 0.3 is 0 Å². The molecule has 5 heteroatoms. The van der Waals surface area contributed by atoms with E-state index in [1.165, 1.54) is 0 Å². The van der Waals surface area contributed by atoms with Crippen LogP contribution in [0.2, 0.25) is 0 Å². The van der Waals surface area contributed by atoms with E-state index in [2.05, 4.69) is 19.2 Å². The molecule has 106 valence electrons. The molecule has 1 unspecified atom stereocenters. The molecule has 1 fully saturated rings. The largest absolute Gasteiger partial charge is 0.385 e. The third kappa shape index (κ3) is 3.28. The van der Waals surface area contributed by atoms with Gasteiger partial charge in [-0.3, -0.25) is 0 Å². The zero-order valence-electron chi connectivity index (χ0n) is 11.6. The standard InChI is InChI=1S/C14H22N2O2S/c1-3-9-15-13-4-6-14(7-5-13)19(17,18)16-10-8-12(2)11-16/h4-7,12,15H,3,8-11H2,1-2H3. The fourth-order valence-corrected chi connectivity index (χ4v) is 3.85. The molecule has 1 saturated heterocycles. The van der Waals surface area contributed by atoms with Gasteiger partial charge in [-0.25, -0.2) is 8.42 Å². The van der Waals surface area contributed by atoms with E-state index in [9.17, 15) is 8.42 Å². The fourth-order valence-electron chi connectivity index (χ4n) is 2.28. The first kappa shape index (κ1) is 14.3. The predicted molar refractivity (Wildman–Crippen MR) is 77.8 cm³/mol. The lowest BCUT2D eigenvalue weighted by molar-refractivity contribution is 0.464. The van der Waals surface area contributed by atoms with E-state index < -0.39 is 10.0 Å². The molecule has 1 N–H and O–H groups in total. The van der Waals surface area contributed by atoms with Crippen molar-refractivity contribution in [1.82, 2.24) is 4.31 Å². The average molecular weight is 282 g/mol. The second kappa shape index (κ2) is 5.92. The maximum atomic E-state index is 12.4. The van der Waals surface area contributed by atoms with E-state index in [1.54, 1.807) is 16.4 Å². The molecular weight excluding hydrogens is 260 g/mol. The van der Waals surface area contributed by atoms with Gasteiger partial charge in [0.2, 0.25) is 10.0 Å². The smallest absolute Gasteiger partial charge is 0.243 e. The lowest BCUT2D eigenvalue weighted by Gasteiger charge is -2.16. The van der Waals surface area contributed by atoms with E-state index in [4.69, 9.17) is 0 Å². The molecule has 1 aromatic rings. The van der Waals surface area contributed by atoms with Crippen molar-refractivity contribution in [2.45, 2.75) is 31.6 Å². The maximum absolute atomic E-state index is 12.4. The van der Waals surface area contributed by atoms with Gasteiger partial charge in [-0.15, -0.1) is 0 Å². The van der Waals surface area contributed by atoms with Crippen molar-refractivity contribution in [1.29, 1.82) is 0 Å². The van der Waals surface area contributed by atoms with Crippen molar-refractivity contribution in [3.8, 4) is 0 Å². The molecule has 1 aliphatic heterocycles. The molecule has 4 nitrogen and oxygen atoms in total. The molecule has 1 aromatic carbocycles. The minimum atomic E-state index is -3.30. The van der Waals surface area contributed by atoms with Crippen LogP contribution in [-0.2, 0) is 10.0 Å². The SMILES string of the molecule is CCCNc1ccc(S(=O)(=O)N2CCC(C)C2)cc1. The summed E-state index contributed by atoms with van der Waals surface area (Å²) in [7, 11) is -3.30. The first-order valence-corrected chi connectivity index (χ1v) is 8.32. The van der Waals surface area contributed by atoms with Crippen molar-refractivity contribution in [2.75, 3.05) is 25.0 Å². The number of hydrogen-bond donors (Lipinski definition) is 1. The Kier molecular flexibility index (Phi) is 4.47. The molecule has 0 spiro atoms. The molecule has 1 atom stereocenters. The third-order valence-corrected chi connectivity index (χ3v) is 5.34. The Morgan fingerprint density at radius 3 is 2.53 bits per heavy atom. The van der Waals surface area contributed by atoms with E-state index in [0.717, 1.165) is 25.1 Å². The summed E-state index contributed by atoms with van der Waals surface area (Å²) in [6, 6.07) is 7.05. The van der Waals surface area contributed by atoms with Gasteiger partial charge in [0, 0.05) is 25.3 Å². The summed E-state index contributed by atoms with van der Waals surface area (Å²) in [6.07, 6.45) is 2.00. The summed E-state index contributed by atoms with van der Waals surface area (Å²) < 4.78 is 26.4. The summed E-state index contributed by atoms with van der Waals surface area (Å²) in [5.41, 5.74) is 0.968. The maximum Gasteiger partial charge on any atom is 0.243 e. The van der Waals surface area contributed by atoms with Gasteiger partial charge in [0.1, 0.15) is 0 Å². The van der Waals surface area contributed by atoms with Crippen LogP contribution in [0.15, 0.2) is 29.2 Å². The number of nitrogens with zero attached hydrogens (tertiary/aromatic N) is 1. The molecule has 19 heavy (non-hydrogen) atoms. The van der Waals surface area contributed by atoms with Crippen LogP contribution in [0, 0.1) is 5.92 Å². The van der Waals surface area contributed by atoms with Crippen molar-refractivity contribution in [2.24, 2.45) is 5.92 Å². The second-order valence-electron chi connectivity index (χ2n) is 5.21. The number of nitrogens with one attached hydrogen (secondary N) is 1. The van der Waals surface area contributed by atoms with Crippen molar-refractivity contribution >= 4 is 15.7 Å². The topological polar surface area (TPSA) is 49.4 Å². The first-order valence-electron chi connectivity index (χ1n) is 6.88. The van der Waals surface area contributed by atoms with Gasteiger partial charge < -0.3 is 5.32 Å². The summed E-state index contributed by atoms with van der Waals surface area (Å²) in [5, 5.41) is 3.24. The molecule has 0 saturated carbocycles. The summed E-state index contributed by atoms with van der Waals surface area (Å²) >= 11 is 0. The van der Waals surface area contributed by atoms with Gasteiger partial charge in [-0.1, -0.05) is 13.8 Å². The Morgan fingerprint density at radius 2 is 2.00 bits per heavy atom. The van der Waals surface area contributed by atoms with Gasteiger partial charge in [0.05, 0.1) is 4.90 Å². The van der Waals surface area contributed by atoms with E-state index in [-0.39, 0.29) is 0 Å². The van der Waals surface area contributed by atoms with Crippen LogP contribution in [0.4, 0.5) is 5.69 Å². The Balaban J connectivity index is 2.12. The van der Waals surface area contributed by atoms with Crippen LogP contribution in [0.25, 0.3) is 0 Å². The van der Waals surface area contributed by atoms with E-state index >= 15 is 0 Å². The molecule has 0 aromatic heterocycles. The lowest BCUT2D eigenvalue weighted by Crippen LogP contribution is -2.28. The molecule has 0 radical (unpaired) electrons. The Morgan fingerprint density at radius 1 is 1.32 bits per heavy atom. The molecule has 0 aliphatic carbocycles. The lowest BCUT2D eigenvalue weighted by atomic mass is 10.2. The zero-order valence-corrected chi connectivity index (χ0v) is 12.4. The molecule has 0 amide bonds. The molecule has 0 bridgehead atoms. The summed E-state index contributed by atoms with van der Waals surface area (Å²) in [6.45, 7) is 6.36. The highest BCUT2D eigenvalue weighted by Gasteiger charge is 2.30.